The van der Waals surface area contributed by atoms with E-state index >= 15 is 0 Å². The van der Waals surface area contributed by atoms with Gasteiger partial charge in [-0.15, -0.1) is 0 Å². The number of carbonyl (C=O) groups is 2. The third-order valence-corrected chi connectivity index (χ3v) is 7.73. The average molecular weight is 380 g/mol. The molecule has 0 aromatic heterocycles. The number of hydrogen-bond acceptors (Lipinski definition) is 4. The van der Waals surface area contributed by atoms with Crippen LogP contribution in [0.5, 0.6) is 0 Å². The molecule has 0 spiro atoms. The Morgan fingerprint density at radius 2 is 1.54 bits per heavy atom. The van der Waals surface area contributed by atoms with Gasteiger partial charge >= 0.3 is 0 Å². The first-order valence-corrected chi connectivity index (χ1v) is 11.2. The van der Waals surface area contributed by atoms with Gasteiger partial charge in [-0.05, 0) is 63.7 Å². The van der Waals surface area contributed by atoms with E-state index < -0.39 is 0 Å². The fourth-order valence-corrected chi connectivity index (χ4v) is 6.04. The van der Waals surface area contributed by atoms with Crippen molar-refractivity contribution in [3.63, 3.8) is 0 Å². The summed E-state index contributed by atoms with van der Waals surface area (Å²) >= 11 is 4.56. The summed E-state index contributed by atoms with van der Waals surface area (Å²) in [5.74, 6) is 0.641. The number of likely N-dealkylation sites (tertiary alicyclic amines) is 1. The highest BCUT2D eigenvalue weighted by atomic mass is 32.1. The summed E-state index contributed by atoms with van der Waals surface area (Å²) in [5.41, 5.74) is 0. The molecular formula is C21H33NO3S. The van der Waals surface area contributed by atoms with E-state index in [-0.39, 0.29) is 35.8 Å². The van der Waals surface area contributed by atoms with Crippen molar-refractivity contribution in [3.05, 3.63) is 0 Å². The van der Waals surface area contributed by atoms with Crippen molar-refractivity contribution in [1.82, 2.24) is 4.90 Å². The molecule has 3 aliphatic carbocycles. The lowest BCUT2D eigenvalue weighted by Gasteiger charge is -2.34. The molecule has 0 aromatic carbocycles. The smallest absolute Gasteiger partial charge is 0.233 e. The molecule has 146 valence electrons. The quantitative estimate of drug-likeness (QED) is 0.596. The molecular weight excluding hydrogens is 346 g/mol. The molecule has 0 bridgehead atoms. The number of nitrogens with zero attached hydrogens (tertiary/aromatic N) is 1. The van der Waals surface area contributed by atoms with Crippen molar-refractivity contribution in [1.29, 1.82) is 0 Å². The highest BCUT2D eigenvalue weighted by molar-refractivity contribution is 7.80. The molecule has 4 fully saturated rings. The first-order valence-electron chi connectivity index (χ1n) is 10.7. The zero-order chi connectivity index (χ0) is 18.3. The summed E-state index contributed by atoms with van der Waals surface area (Å²) in [5, 5.41) is 0.520. The van der Waals surface area contributed by atoms with Crippen molar-refractivity contribution in [3.8, 4) is 0 Å². The zero-order valence-corrected chi connectivity index (χ0v) is 16.8. The summed E-state index contributed by atoms with van der Waals surface area (Å²) in [6, 6.07) is 0.148. The van der Waals surface area contributed by atoms with Gasteiger partial charge in [0.2, 0.25) is 11.8 Å². The third kappa shape index (κ3) is 3.71. The number of rotatable bonds is 3. The standard InChI is InChI=1S/C21H33NO3S/c1-13-3-2-4-14(11-13)22-20(23)18-10-7-16(12-19(18)21(22)24)25-15-5-8-17(26)9-6-15/h13-19,26H,2-12H2,1H3. The van der Waals surface area contributed by atoms with Gasteiger partial charge in [0.1, 0.15) is 0 Å². The largest absolute Gasteiger partial charge is 0.375 e. The Morgan fingerprint density at radius 3 is 2.27 bits per heavy atom. The van der Waals surface area contributed by atoms with E-state index in [2.05, 4.69) is 19.6 Å². The van der Waals surface area contributed by atoms with Crippen LogP contribution >= 0.6 is 12.6 Å². The van der Waals surface area contributed by atoms with Crippen LogP contribution in [0, 0.1) is 17.8 Å². The van der Waals surface area contributed by atoms with Gasteiger partial charge in [0.15, 0.2) is 0 Å². The van der Waals surface area contributed by atoms with E-state index in [1.165, 1.54) is 6.42 Å². The number of carbonyl (C=O) groups excluding carboxylic acids is 2. The highest BCUT2D eigenvalue weighted by Gasteiger charge is 2.52. The predicted octanol–water partition coefficient (Wildman–Crippen LogP) is 3.98. The lowest BCUT2D eigenvalue weighted by molar-refractivity contribution is -0.143. The number of ether oxygens (including phenoxy) is 1. The van der Waals surface area contributed by atoms with Gasteiger partial charge in [-0.25, -0.2) is 0 Å². The Balaban J connectivity index is 1.38. The molecule has 1 aliphatic heterocycles. The monoisotopic (exact) mass is 379 g/mol. The maximum Gasteiger partial charge on any atom is 0.233 e. The molecule has 2 amide bonds. The molecule has 26 heavy (non-hydrogen) atoms. The molecule has 5 heteroatoms. The van der Waals surface area contributed by atoms with Gasteiger partial charge in [0.05, 0.1) is 24.0 Å². The van der Waals surface area contributed by atoms with Crippen LogP contribution in [0.2, 0.25) is 0 Å². The molecule has 5 unspecified atom stereocenters. The van der Waals surface area contributed by atoms with Crippen LogP contribution in [0.25, 0.3) is 0 Å². The molecule has 4 nitrogen and oxygen atoms in total. The van der Waals surface area contributed by atoms with Crippen LogP contribution in [0.1, 0.15) is 77.6 Å². The molecule has 5 atom stereocenters. The van der Waals surface area contributed by atoms with Crippen LogP contribution in [0.15, 0.2) is 0 Å². The number of hydrogen-bond donors (Lipinski definition) is 1. The van der Waals surface area contributed by atoms with E-state index in [9.17, 15) is 9.59 Å². The molecule has 3 saturated carbocycles. The maximum absolute atomic E-state index is 13.1. The fraction of sp³-hybridized carbons (Fsp3) is 0.905. The normalized spacial score (nSPS) is 44.2. The Labute approximate surface area is 162 Å². The maximum atomic E-state index is 13.1. The van der Waals surface area contributed by atoms with Crippen molar-refractivity contribution < 1.29 is 14.3 Å². The zero-order valence-electron chi connectivity index (χ0n) is 15.9. The van der Waals surface area contributed by atoms with Gasteiger partial charge in [0, 0.05) is 11.3 Å². The summed E-state index contributed by atoms with van der Waals surface area (Å²) < 4.78 is 6.35. The lowest BCUT2D eigenvalue weighted by Crippen LogP contribution is -2.43. The summed E-state index contributed by atoms with van der Waals surface area (Å²) in [4.78, 5) is 27.7. The Hall–Kier alpha value is -0.550. The minimum atomic E-state index is -0.125. The number of amides is 2. The number of thiol groups is 1. The Morgan fingerprint density at radius 1 is 0.846 bits per heavy atom. The summed E-state index contributed by atoms with van der Waals surface area (Å²) in [6.45, 7) is 2.24. The third-order valence-electron chi connectivity index (χ3n) is 7.21. The number of imide groups is 1. The summed E-state index contributed by atoms with van der Waals surface area (Å²) in [7, 11) is 0. The SMILES string of the molecule is CC1CCCC(N2C(=O)C3CCC(OC4CCC(S)CC4)CC3C2=O)C1. The topological polar surface area (TPSA) is 46.6 Å². The van der Waals surface area contributed by atoms with Crippen molar-refractivity contribution in [2.24, 2.45) is 17.8 Å². The van der Waals surface area contributed by atoms with Crippen LogP contribution in [-0.4, -0.2) is 40.2 Å². The van der Waals surface area contributed by atoms with Crippen LogP contribution in [0.4, 0.5) is 0 Å². The molecule has 1 saturated heterocycles. The Kier molecular flexibility index (Phi) is 5.66. The average Bonchev–Trinajstić information content (AvgIpc) is 2.87. The molecule has 0 aromatic rings. The second-order valence-corrected chi connectivity index (χ2v) is 9.92. The van der Waals surface area contributed by atoms with E-state index in [1.807, 2.05) is 0 Å². The molecule has 0 N–H and O–H groups in total. The van der Waals surface area contributed by atoms with Crippen LogP contribution < -0.4 is 0 Å². The molecule has 4 aliphatic rings. The second-order valence-electron chi connectivity index (χ2n) is 9.19. The molecule has 0 radical (unpaired) electrons. The summed E-state index contributed by atoms with van der Waals surface area (Å²) in [6.07, 6.45) is 11.7. The van der Waals surface area contributed by atoms with E-state index in [1.54, 1.807) is 4.90 Å². The number of fused-ring (bicyclic) bond motifs is 1. The van der Waals surface area contributed by atoms with Gasteiger partial charge in [0.25, 0.3) is 0 Å². The van der Waals surface area contributed by atoms with E-state index in [0.717, 1.165) is 64.2 Å². The van der Waals surface area contributed by atoms with E-state index in [4.69, 9.17) is 4.74 Å². The second kappa shape index (κ2) is 7.83. The fourth-order valence-electron chi connectivity index (χ4n) is 5.74. The van der Waals surface area contributed by atoms with Crippen molar-refractivity contribution >= 4 is 24.4 Å². The van der Waals surface area contributed by atoms with Gasteiger partial charge < -0.3 is 4.74 Å². The van der Waals surface area contributed by atoms with Gasteiger partial charge in [-0.2, -0.15) is 12.6 Å². The van der Waals surface area contributed by atoms with Crippen LogP contribution in [-0.2, 0) is 14.3 Å². The lowest BCUT2D eigenvalue weighted by atomic mass is 9.79. The highest BCUT2D eigenvalue weighted by Crippen LogP contribution is 2.43. The van der Waals surface area contributed by atoms with Gasteiger partial charge in [-0.1, -0.05) is 19.8 Å². The van der Waals surface area contributed by atoms with E-state index in [0.29, 0.717) is 17.3 Å². The molecule has 1 heterocycles. The predicted molar refractivity (Wildman–Crippen MR) is 104 cm³/mol. The van der Waals surface area contributed by atoms with Crippen molar-refractivity contribution in [2.75, 3.05) is 0 Å². The molecule has 4 rings (SSSR count). The first-order chi connectivity index (χ1) is 12.5. The van der Waals surface area contributed by atoms with Crippen LogP contribution in [0.3, 0.4) is 0 Å². The minimum Gasteiger partial charge on any atom is -0.375 e. The van der Waals surface area contributed by atoms with Crippen molar-refractivity contribution in [2.45, 2.75) is 101 Å². The van der Waals surface area contributed by atoms with Gasteiger partial charge in [-0.3, -0.25) is 14.5 Å². The Bertz CT molecular complexity index is 545. The first kappa shape index (κ1) is 18.8. The minimum absolute atomic E-state index is 0.0761.